The Kier molecular flexibility index (Phi) is 6.29. The lowest BCUT2D eigenvalue weighted by atomic mass is 9.42. The van der Waals surface area contributed by atoms with Gasteiger partial charge in [-0.3, -0.25) is 0 Å². The zero-order valence-corrected chi connectivity index (χ0v) is 31.2. The molecule has 4 fully saturated rings. The minimum atomic E-state index is 0.00414. The monoisotopic (exact) mass is 685 g/mol. The summed E-state index contributed by atoms with van der Waals surface area (Å²) in [5.41, 5.74) is 9.65. The van der Waals surface area contributed by atoms with Crippen LogP contribution in [-0.2, 0) is 16.2 Å². The van der Waals surface area contributed by atoms with Gasteiger partial charge in [-0.05, 0) is 133 Å². The van der Waals surface area contributed by atoms with E-state index in [-0.39, 0.29) is 16.2 Å². The summed E-state index contributed by atoms with van der Waals surface area (Å²) in [6.45, 7) is 9.82. The van der Waals surface area contributed by atoms with Crippen LogP contribution >= 0.6 is 11.3 Å². The van der Waals surface area contributed by atoms with Gasteiger partial charge < -0.3 is 9.64 Å². The Hall–Kier alpha value is -4.08. The van der Waals surface area contributed by atoms with Crippen LogP contribution in [0.4, 0.5) is 17.1 Å². The number of hydrogen-bond donors (Lipinski definition) is 0. The predicted octanol–water partition coefficient (Wildman–Crippen LogP) is 13.7. The van der Waals surface area contributed by atoms with Gasteiger partial charge in [-0.25, -0.2) is 0 Å². The summed E-state index contributed by atoms with van der Waals surface area (Å²) in [5.74, 6) is 5.26. The summed E-state index contributed by atoms with van der Waals surface area (Å²) in [4.78, 5) is 2.60. The van der Waals surface area contributed by atoms with Crippen LogP contribution in [0, 0.1) is 23.7 Å². The number of thiophene rings is 1. The van der Waals surface area contributed by atoms with Crippen LogP contribution in [0.5, 0.6) is 11.5 Å². The van der Waals surface area contributed by atoms with Gasteiger partial charge in [0.25, 0.3) is 0 Å². The van der Waals surface area contributed by atoms with Gasteiger partial charge in [-0.15, -0.1) is 11.3 Å². The van der Waals surface area contributed by atoms with E-state index in [9.17, 15) is 0 Å². The smallest absolute Gasteiger partial charge is 0.155 e. The molecule has 0 radical (unpaired) electrons. The van der Waals surface area contributed by atoms with Crippen LogP contribution in [0.2, 0.25) is 0 Å². The van der Waals surface area contributed by atoms with Crippen molar-refractivity contribution in [1.82, 2.24) is 0 Å². The van der Waals surface area contributed by atoms with Gasteiger partial charge in [0, 0.05) is 42.4 Å². The molecular weight excluding hydrogens is 639 g/mol. The van der Waals surface area contributed by atoms with Crippen LogP contribution in [0.25, 0.3) is 20.2 Å². The lowest BCUT2D eigenvalue weighted by molar-refractivity contribution is -0.0451. The molecule has 1 aromatic heterocycles. The second kappa shape index (κ2) is 10.5. The summed E-state index contributed by atoms with van der Waals surface area (Å²) < 4.78 is 9.99. The molecule has 0 saturated heterocycles. The fraction of sp³-hybridized carbons (Fsp3) is 0.375. The second-order valence-corrected chi connectivity index (χ2v) is 19.1. The van der Waals surface area contributed by atoms with Crippen molar-refractivity contribution in [2.45, 2.75) is 88.9 Å². The van der Waals surface area contributed by atoms with Gasteiger partial charge in [-0.2, -0.15) is 0 Å². The molecule has 4 saturated carbocycles. The van der Waals surface area contributed by atoms with E-state index in [0.717, 1.165) is 29.8 Å². The fourth-order valence-corrected chi connectivity index (χ4v) is 13.3. The number of para-hydroxylation sites is 2. The number of ether oxygens (including phenoxy) is 1. The molecule has 0 unspecified atom stereocenters. The lowest BCUT2D eigenvalue weighted by Gasteiger charge is -2.63. The molecule has 2 nitrogen and oxygen atoms in total. The maximum atomic E-state index is 7.30. The Bertz CT molecular complexity index is 2370. The molecule has 3 heteroatoms. The molecule has 1 spiro atoms. The van der Waals surface area contributed by atoms with Gasteiger partial charge in [0.1, 0.15) is 5.75 Å². The van der Waals surface area contributed by atoms with E-state index in [2.05, 4.69) is 136 Å². The summed E-state index contributed by atoms with van der Waals surface area (Å²) in [7, 11) is 0. The highest BCUT2D eigenvalue weighted by Gasteiger charge is 2.61. The van der Waals surface area contributed by atoms with Crippen molar-refractivity contribution in [3.8, 4) is 11.5 Å². The van der Waals surface area contributed by atoms with Crippen LogP contribution in [0.15, 0.2) is 103 Å². The first-order chi connectivity index (χ1) is 24.7. The third kappa shape index (κ3) is 4.16. The zero-order valence-electron chi connectivity index (χ0n) is 30.3. The number of rotatable bonds is 3. The van der Waals surface area contributed by atoms with Crippen LogP contribution in [-0.4, -0.2) is 0 Å². The molecule has 5 aliphatic carbocycles. The first-order valence-corrected chi connectivity index (χ1v) is 20.3. The largest absolute Gasteiger partial charge is 0.455 e. The number of nitrogens with zero attached hydrogens (tertiary/aromatic N) is 1. The van der Waals surface area contributed by atoms with E-state index in [4.69, 9.17) is 4.74 Å². The van der Waals surface area contributed by atoms with Crippen molar-refractivity contribution in [3.05, 3.63) is 125 Å². The molecule has 4 bridgehead atoms. The van der Waals surface area contributed by atoms with Gasteiger partial charge >= 0.3 is 0 Å². The first kappa shape index (κ1) is 30.5. The summed E-state index contributed by atoms with van der Waals surface area (Å²) >= 11 is 1.90. The Morgan fingerprint density at radius 2 is 1.24 bits per heavy atom. The standard InChI is InChI=1S/C48H47NOS/c1-46(2)21-22-47(3,4)44-37(46)13-9-15-39(44)49(33-19-20-43-35(28-33)34-11-5-8-18-42(34)51-43)40-16-10-14-38-45(40)50-41-17-7-6-12-36(41)48(38)31-24-29-23-30(26-31)27-32(48)25-29/h5-20,28-32H,21-27H2,1-4H3. The van der Waals surface area contributed by atoms with Gasteiger partial charge in [-0.1, -0.05) is 88.4 Å². The molecule has 1 aliphatic heterocycles. The van der Waals surface area contributed by atoms with Crippen molar-refractivity contribution < 1.29 is 4.74 Å². The summed E-state index contributed by atoms with van der Waals surface area (Å²) in [6.07, 6.45) is 9.22. The minimum absolute atomic E-state index is 0.00414. The van der Waals surface area contributed by atoms with E-state index in [1.165, 1.54) is 98.0 Å². The van der Waals surface area contributed by atoms with Crippen molar-refractivity contribution in [2.24, 2.45) is 23.7 Å². The maximum absolute atomic E-state index is 7.30. The molecular formula is C48H47NOS. The summed E-state index contributed by atoms with van der Waals surface area (Å²) in [6, 6.07) is 39.5. The first-order valence-electron chi connectivity index (χ1n) is 19.5. The number of fused-ring (bicyclic) bond motifs is 6. The number of benzene rings is 5. The number of anilines is 3. The average molecular weight is 686 g/mol. The Balaban J connectivity index is 1.21. The van der Waals surface area contributed by atoms with Gasteiger partial charge in [0.15, 0.2) is 5.75 Å². The highest BCUT2D eigenvalue weighted by atomic mass is 32.1. The van der Waals surface area contributed by atoms with E-state index in [1.807, 2.05) is 11.3 Å². The summed E-state index contributed by atoms with van der Waals surface area (Å²) in [5, 5.41) is 2.67. The van der Waals surface area contributed by atoms with Crippen molar-refractivity contribution >= 4 is 48.6 Å². The van der Waals surface area contributed by atoms with Crippen LogP contribution < -0.4 is 9.64 Å². The molecule has 0 N–H and O–H groups in total. The van der Waals surface area contributed by atoms with E-state index < -0.39 is 0 Å². The highest BCUT2D eigenvalue weighted by Crippen LogP contribution is 2.70. The molecule has 5 aromatic carbocycles. The second-order valence-electron chi connectivity index (χ2n) is 18.0. The van der Waals surface area contributed by atoms with Crippen LogP contribution in [0.3, 0.4) is 0 Å². The lowest BCUT2D eigenvalue weighted by Crippen LogP contribution is -2.57. The van der Waals surface area contributed by atoms with Gasteiger partial charge in [0.05, 0.1) is 11.4 Å². The van der Waals surface area contributed by atoms with Crippen molar-refractivity contribution in [2.75, 3.05) is 4.90 Å². The Labute approximate surface area is 306 Å². The predicted molar refractivity (Wildman–Crippen MR) is 214 cm³/mol. The minimum Gasteiger partial charge on any atom is -0.455 e. The average Bonchev–Trinajstić information content (AvgIpc) is 3.50. The molecule has 256 valence electrons. The molecule has 0 atom stereocenters. The normalized spacial score (nSPS) is 27.6. The van der Waals surface area contributed by atoms with E-state index in [0.29, 0.717) is 11.8 Å². The molecule has 51 heavy (non-hydrogen) atoms. The van der Waals surface area contributed by atoms with E-state index in [1.54, 1.807) is 0 Å². The Morgan fingerprint density at radius 3 is 2.04 bits per heavy atom. The molecule has 12 rings (SSSR count). The molecule has 6 aromatic rings. The Morgan fingerprint density at radius 1 is 0.588 bits per heavy atom. The quantitative estimate of drug-likeness (QED) is 0.184. The van der Waals surface area contributed by atoms with Gasteiger partial charge in [0.2, 0.25) is 0 Å². The molecule has 6 aliphatic rings. The van der Waals surface area contributed by atoms with Crippen molar-refractivity contribution in [3.63, 3.8) is 0 Å². The van der Waals surface area contributed by atoms with E-state index >= 15 is 0 Å². The molecule has 0 amide bonds. The van der Waals surface area contributed by atoms with Crippen LogP contribution in [0.1, 0.15) is 94.9 Å². The third-order valence-electron chi connectivity index (χ3n) is 14.3. The highest BCUT2D eigenvalue weighted by molar-refractivity contribution is 7.25. The molecule has 2 heterocycles. The topological polar surface area (TPSA) is 12.5 Å². The maximum Gasteiger partial charge on any atom is 0.155 e. The number of hydrogen-bond acceptors (Lipinski definition) is 3. The van der Waals surface area contributed by atoms with Crippen molar-refractivity contribution in [1.29, 1.82) is 0 Å². The fourth-order valence-electron chi connectivity index (χ4n) is 12.2. The zero-order chi connectivity index (χ0) is 34.3. The third-order valence-corrected chi connectivity index (χ3v) is 15.5. The SMILES string of the molecule is CC1(C)CCC(C)(C)c2c(N(c3ccc4sc5ccccc5c4c3)c3cccc4c3Oc3ccccc3C43C4CC5CC(C4)CC3C5)cccc21.